The number of hydrogen-bond acceptors (Lipinski definition) is 4. The maximum absolute atomic E-state index is 12.6. The van der Waals surface area contributed by atoms with Gasteiger partial charge in [0.15, 0.2) is 5.11 Å². The highest BCUT2D eigenvalue weighted by atomic mass is 32.1. The average Bonchev–Trinajstić information content (AvgIpc) is 2.78. The summed E-state index contributed by atoms with van der Waals surface area (Å²) in [6.45, 7) is 14.3. The smallest absolute Gasteiger partial charge is 0.407 e. The van der Waals surface area contributed by atoms with E-state index in [1.807, 2.05) is 25.7 Å². The molecule has 0 aliphatic carbocycles. The molecule has 2 amide bonds. The standard InChI is InChI=1S/C20H36N4O3S/c1-19(2,3)11-16(25)23-12-14-7-8-15(13-23)24(14)17(28)21-9-10-22-18(26)27-20(4,5)6/h14-15H,7-13H2,1-6H3,(H,21,28)(H,22,26). The fraction of sp³-hybridized carbons (Fsp3) is 0.850. The molecule has 8 heteroatoms. The maximum Gasteiger partial charge on any atom is 0.407 e. The molecule has 2 aliphatic heterocycles. The summed E-state index contributed by atoms with van der Waals surface area (Å²) in [5.41, 5.74) is -0.499. The van der Waals surface area contributed by atoms with Crippen LogP contribution in [-0.4, -0.2) is 70.8 Å². The van der Waals surface area contributed by atoms with Crippen LogP contribution >= 0.6 is 12.2 Å². The van der Waals surface area contributed by atoms with Crippen molar-refractivity contribution in [2.24, 2.45) is 5.41 Å². The molecule has 0 spiro atoms. The molecule has 28 heavy (non-hydrogen) atoms. The van der Waals surface area contributed by atoms with E-state index in [1.165, 1.54) is 0 Å². The van der Waals surface area contributed by atoms with Gasteiger partial charge in [0, 0.05) is 44.7 Å². The van der Waals surface area contributed by atoms with Crippen molar-refractivity contribution in [1.29, 1.82) is 0 Å². The zero-order valence-electron chi connectivity index (χ0n) is 18.1. The molecule has 2 bridgehead atoms. The van der Waals surface area contributed by atoms with E-state index < -0.39 is 11.7 Å². The number of carbonyl (C=O) groups is 2. The predicted molar refractivity (Wildman–Crippen MR) is 114 cm³/mol. The molecular weight excluding hydrogens is 376 g/mol. The Morgan fingerprint density at radius 3 is 2.04 bits per heavy atom. The molecular formula is C20H36N4O3S. The summed E-state index contributed by atoms with van der Waals surface area (Å²) in [6.07, 6.45) is 2.27. The van der Waals surface area contributed by atoms with E-state index in [4.69, 9.17) is 17.0 Å². The highest BCUT2D eigenvalue weighted by Gasteiger charge is 2.42. The zero-order chi connectivity index (χ0) is 21.1. The summed E-state index contributed by atoms with van der Waals surface area (Å²) in [7, 11) is 0. The van der Waals surface area contributed by atoms with Crippen molar-refractivity contribution < 1.29 is 14.3 Å². The van der Waals surface area contributed by atoms with Crippen molar-refractivity contribution in [2.45, 2.75) is 78.5 Å². The van der Waals surface area contributed by atoms with Gasteiger partial charge in [0.2, 0.25) is 5.91 Å². The lowest BCUT2D eigenvalue weighted by Crippen LogP contribution is -2.59. The maximum atomic E-state index is 12.6. The van der Waals surface area contributed by atoms with Crippen molar-refractivity contribution >= 4 is 29.3 Å². The summed E-state index contributed by atoms with van der Waals surface area (Å²) < 4.78 is 5.22. The Kier molecular flexibility index (Phi) is 7.17. The lowest BCUT2D eigenvalue weighted by molar-refractivity contribution is -0.135. The summed E-state index contributed by atoms with van der Waals surface area (Å²) in [5.74, 6) is 0.240. The fourth-order valence-corrected chi connectivity index (χ4v) is 4.14. The first-order valence-electron chi connectivity index (χ1n) is 10.2. The molecule has 2 fully saturated rings. The molecule has 0 saturated carbocycles. The number of hydrogen-bond donors (Lipinski definition) is 2. The average molecular weight is 413 g/mol. The van der Waals surface area contributed by atoms with Crippen molar-refractivity contribution in [3.63, 3.8) is 0 Å². The second-order valence-corrected chi connectivity index (χ2v) is 10.4. The number of carbonyl (C=O) groups excluding carboxylic acids is 2. The van der Waals surface area contributed by atoms with Crippen LogP contribution in [0.15, 0.2) is 0 Å². The van der Waals surface area contributed by atoms with Crippen LogP contribution in [0.5, 0.6) is 0 Å². The highest BCUT2D eigenvalue weighted by Crippen LogP contribution is 2.31. The molecule has 0 aromatic heterocycles. The predicted octanol–water partition coefficient (Wildman–Crippen LogP) is 2.50. The molecule has 160 valence electrons. The minimum atomic E-state index is -0.504. The van der Waals surface area contributed by atoms with Gasteiger partial charge in [-0.25, -0.2) is 4.79 Å². The largest absolute Gasteiger partial charge is 0.444 e. The quantitative estimate of drug-likeness (QED) is 0.546. The summed E-state index contributed by atoms with van der Waals surface area (Å²) in [6, 6.07) is 0.558. The van der Waals surface area contributed by atoms with Gasteiger partial charge in [-0.3, -0.25) is 4.79 Å². The van der Waals surface area contributed by atoms with E-state index in [0.717, 1.165) is 25.9 Å². The van der Waals surface area contributed by atoms with Gasteiger partial charge >= 0.3 is 6.09 Å². The van der Waals surface area contributed by atoms with E-state index in [2.05, 4.69) is 36.3 Å². The number of rotatable bonds is 4. The minimum Gasteiger partial charge on any atom is -0.444 e. The number of thiocarbonyl (C=S) groups is 1. The van der Waals surface area contributed by atoms with Crippen molar-refractivity contribution in [3.8, 4) is 0 Å². The Balaban J connectivity index is 1.77. The van der Waals surface area contributed by atoms with Crippen LogP contribution in [0.25, 0.3) is 0 Å². The Morgan fingerprint density at radius 2 is 1.54 bits per heavy atom. The van der Waals surface area contributed by atoms with E-state index in [9.17, 15) is 9.59 Å². The van der Waals surface area contributed by atoms with Crippen LogP contribution in [0.2, 0.25) is 0 Å². The number of likely N-dealkylation sites (tertiary alicyclic amines) is 1. The van der Waals surface area contributed by atoms with E-state index >= 15 is 0 Å². The fourth-order valence-electron chi connectivity index (χ4n) is 3.74. The van der Waals surface area contributed by atoms with E-state index in [-0.39, 0.29) is 23.4 Å². The molecule has 2 aliphatic rings. The number of nitrogens with zero attached hydrogens (tertiary/aromatic N) is 2. The van der Waals surface area contributed by atoms with Crippen LogP contribution in [0.3, 0.4) is 0 Å². The third kappa shape index (κ3) is 6.79. The minimum absolute atomic E-state index is 0.00522. The molecule has 2 unspecified atom stereocenters. The van der Waals surface area contributed by atoms with Gasteiger partial charge in [0.1, 0.15) is 5.60 Å². The Hall–Kier alpha value is -1.57. The summed E-state index contributed by atoms with van der Waals surface area (Å²) in [4.78, 5) is 28.5. The lowest BCUT2D eigenvalue weighted by Gasteiger charge is -2.43. The van der Waals surface area contributed by atoms with E-state index in [0.29, 0.717) is 24.6 Å². The SMILES string of the molecule is CC(C)(C)CC(=O)N1CC2CCC(C1)N2C(=S)NCCNC(=O)OC(C)(C)C. The summed E-state index contributed by atoms with van der Waals surface area (Å²) >= 11 is 5.59. The molecule has 2 atom stereocenters. The first kappa shape index (κ1) is 22.7. The van der Waals surface area contributed by atoms with Gasteiger partial charge in [-0.05, 0) is 51.2 Å². The number of amides is 2. The van der Waals surface area contributed by atoms with Gasteiger partial charge < -0.3 is 25.2 Å². The van der Waals surface area contributed by atoms with Gasteiger partial charge in [-0.15, -0.1) is 0 Å². The third-order valence-electron chi connectivity index (χ3n) is 4.82. The number of piperazine rings is 1. The molecule has 2 rings (SSSR count). The van der Waals surface area contributed by atoms with Gasteiger partial charge in [0.25, 0.3) is 0 Å². The molecule has 0 aromatic carbocycles. The van der Waals surface area contributed by atoms with Gasteiger partial charge in [-0.1, -0.05) is 20.8 Å². The number of ether oxygens (including phenoxy) is 1. The molecule has 2 saturated heterocycles. The van der Waals surface area contributed by atoms with Crippen LogP contribution in [0.1, 0.15) is 60.8 Å². The third-order valence-corrected chi connectivity index (χ3v) is 5.18. The van der Waals surface area contributed by atoms with E-state index in [1.54, 1.807) is 0 Å². The zero-order valence-corrected chi connectivity index (χ0v) is 18.9. The molecule has 0 aromatic rings. The molecule has 2 N–H and O–H groups in total. The normalized spacial score (nSPS) is 22.1. The first-order valence-corrected chi connectivity index (χ1v) is 10.6. The second kappa shape index (κ2) is 8.84. The highest BCUT2D eigenvalue weighted by molar-refractivity contribution is 7.80. The van der Waals surface area contributed by atoms with Crippen molar-refractivity contribution in [3.05, 3.63) is 0 Å². The first-order chi connectivity index (χ1) is 12.9. The van der Waals surface area contributed by atoms with Gasteiger partial charge in [-0.2, -0.15) is 0 Å². The molecule has 0 radical (unpaired) electrons. The van der Waals surface area contributed by atoms with Crippen LogP contribution < -0.4 is 10.6 Å². The van der Waals surface area contributed by atoms with Crippen LogP contribution in [-0.2, 0) is 9.53 Å². The molecule has 2 heterocycles. The monoisotopic (exact) mass is 412 g/mol. The van der Waals surface area contributed by atoms with Crippen LogP contribution in [0.4, 0.5) is 4.79 Å². The lowest BCUT2D eigenvalue weighted by atomic mass is 9.91. The Morgan fingerprint density at radius 1 is 1.00 bits per heavy atom. The van der Waals surface area contributed by atoms with Crippen LogP contribution in [0, 0.1) is 5.41 Å². The topological polar surface area (TPSA) is 73.9 Å². The number of fused-ring (bicyclic) bond motifs is 2. The second-order valence-electron chi connectivity index (χ2n) is 9.99. The van der Waals surface area contributed by atoms with Crippen molar-refractivity contribution in [2.75, 3.05) is 26.2 Å². The Bertz CT molecular complexity index is 583. The number of nitrogens with one attached hydrogen (secondary N) is 2. The van der Waals surface area contributed by atoms with Crippen molar-refractivity contribution in [1.82, 2.24) is 20.4 Å². The Labute approximate surface area is 174 Å². The summed E-state index contributed by atoms with van der Waals surface area (Å²) in [5, 5.41) is 6.67. The number of alkyl carbamates (subject to hydrolysis) is 1. The van der Waals surface area contributed by atoms with Gasteiger partial charge in [0.05, 0.1) is 0 Å². The molecule has 7 nitrogen and oxygen atoms in total.